The van der Waals surface area contributed by atoms with E-state index in [2.05, 4.69) is 44.9 Å². The highest BCUT2D eigenvalue weighted by Gasteiger charge is 2.19. The molecule has 172 valence electrons. The molecule has 6 heteroatoms. The van der Waals surface area contributed by atoms with Crippen LogP contribution in [-0.2, 0) is 11.3 Å². The van der Waals surface area contributed by atoms with Crippen molar-refractivity contribution < 1.29 is 14.0 Å². The van der Waals surface area contributed by atoms with Crippen molar-refractivity contribution in [3.63, 3.8) is 0 Å². The average Bonchev–Trinajstić information content (AvgIpc) is 3.16. The molecule has 30 heavy (non-hydrogen) atoms. The summed E-state index contributed by atoms with van der Waals surface area (Å²) in [6.07, 6.45) is 10.8. The maximum atomic E-state index is 12.8. The molecular formula is C24H43N3O3. The number of nitrogens with one attached hydrogen (secondary N) is 1. The molecule has 1 rings (SSSR count). The molecule has 0 radical (unpaired) electrons. The van der Waals surface area contributed by atoms with Crippen LogP contribution in [0.5, 0.6) is 0 Å². The van der Waals surface area contributed by atoms with Crippen LogP contribution in [-0.4, -0.2) is 34.8 Å². The van der Waals surface area contributed by atoms with Crippen molar-refractivity contribution in [1.29, 1.82) is 0 Å². The van der Waals surface area contributed by atoms with Crippen molar-refractivity contribution in [3.05, 3.63) is 17.8 Å². The highest BCUT2D eigenvalue weighted by Crippen LogP contribution is 2.13. The zero-order chi connectivity index (χ0) is 22.4. The number of aromatic nitrogens is 1. The van der Waals surface area contributed by atoms with Crippen LogP contribution in [0.2, 0.25) is 0 Å². The SMILES string of the molecule is CCCCCCCCC(=O)N(CCC(C)C)Cc1nc(C(=O)NCCC(C)C)co1. The van der Waals surface area contributed by atoms with E-state index < -0.39 is 0 Å². The molecule has 1 aromatic rings. The summed E-state index contributed by atoms with van der Waals surface area (Å²) in [6, 6.07) is 0. The average molecular weight is 422 g/mol. The monoisotopic (exact) mass is 421 g/mol. The minimum absolute atomic E-state index is 0.146. The Morgan fingerprint density at radius 3 is 2.37 bits per heavy atom. The molecule has 0 fully saturated rings. The maximum absolute atomic E-state index is 12.8. The van der Waals surface area contributed by atoms with Crippen LogP contribution < -0.4 is 5.32 Å². The molecule has 2 amide bonds. The van der Waals surface area contributed by atoms with Crippen molar-refractivity contribution in [2.24, 2.45) is 11.8 Å². The summed E-state index contributed by atoms with van der Waals surface area (Å²) in [5.41, 5.74) is 0.279. The van der Waals surface area contributed by atoms with Crippen LogP contribution in [0.1, 0.15) is 109 Å². The van der Waals surface area contributed by atoms with E-state index in [0.29, 0.717) is 43.8 Å². The molecule has 0 aliphatic carbocycles. The first-order valence-electron chi connectivity index (χ1n) is 11.8. The number of rotatable bonds is 16. The number of oxazole rings is 1. The van der Waals surface area contributed by atoms with E-state index in [0.717, 1.165) is 25.7 Å². The van der Waals surface area contributed by atoms with Gasteiger partial charge in [-0.05, 0) is 31.1 Å². The lowest BCUT2D eigenvalue weighted by atomic mass is 10.1. The molecule has 0 atom stereocenters. The van der Waals surface area contributed by atoms with Crippen LogP contribution in [0.15, 0.2) is 10.7 Å². The molecule has 0 aromatic carbocycles. The molecule has 1 N–H and O–H groups in total. The molecule has 0 saturated carbocycles. The molecule has 0 unspecified atom stereocenters. The Labute approximate surface area is 183 Å². The second-order valence-corrected chi connectivity index (χ2v) is 9.08. The zero-order valence-corrected chi connectivity index (χ0v) is 19.8. The van der Waals surface area contributed by atoms with E-state index in [1.54, 1.807) is 0 Å². The number of nitrogens with zero attached hydrogens (tertiary/aromatic N) is 2. The highest BCUT2D eigenvalue weighted by atomic mass is 16.3. The van der Waals surface area contributed by atoms with Crippen LogP contribution in [0.4, 0.5) is 0 Å². The van der Waals surface area contributed by atoms with Crippen LogP contribution in [0.25, 0.3) is 0 Å². The molecule has 6 nitrogen and oxygen atoms in total. The summed E-state index contributed by atoms with van der Waals surface area (Å²) in [5, 5.41) is 2.87. The van der Waals surface area contributed by atoms with Crippen LogP contribution in [0.3, 0.4) is 0 Å². The molecular weight excluding hydrogens is 378 g/mol. The van der Waals surface area contributed by atoms with Gasteiger partial charge in [0.25, 0.3) is 5.91 Å². The van der Waals surface area contributed by atoms with E-state index in [4.69, 9.17) is 4.42 Å². The maximum Gasteiger partial charge on any atom is 0.273 e. The van der Waals surface area contributed by atoms with Gasteiger partial charge < -0.3 is 14.6 Å². The first-order chi connectivity index (χ1) is 14.3. The Balaban J connectivity index is 2.57. The predicted molar refractivity (Wildman–Crippen MR) is 121 cm³/mol. The van der Waals surface area contributed by atoms with Gasteiger partial charge in [0.2, 0.25) is 11.8 Å². The Hall–Kier alpha value is -1.85. The number of amides is 2. The number of hydrogen-bond donors (Lipinski definition) is 1. The number of carbonyl (C=O) groups is 2. The summed E-state index contributed by atoms with van der Waals surface area (Å²) in [5.74, 6) is 1.39. The van der Waals surface area contributed by atoms with Crippen molar-refractivity contribution in [3.8, 4) is 0 Å². The Morgan fingerprint density at radius 1 is 1.03 bits per heavy atom. The fraction of sp³-hybridized carbons (Fsp3) is 0.792. The van der Waals surface area contributed by atoms with Crippen LogP contribution in [0, 0.1) is 11.8 Å². The van der Waals surface area contributed by atoms with E-state index in [9.17, 15) is 9.59 Å². The van der Waals surface area contributed by atoms with E-state index in [-0.39, 0.29) is 17.5 Å². The Kier molecular flexibility index (Phi) is 13.1. The minimum atomic E-state index is -0.224. The number of unbranched alkanes of at least 4 members (excludes halogenated alkanes) is 5. The van der Waals surface area contributed by atoms with E-state index in [1.807, 2.05) is 4.90 Å². The van der Waals surface area contributed by atoms with Gasteiger partial charge in [0, 0.05) is 19.5 Å². The zero-order valence-electron chi connectivity index (χ0n) is 19.8. The quantitative estimate of drug-likeness (QED) is 0.354. The normalized spacial score (nSPS) is 11.3. The molecule has 0 aliphatic heterocycles. The number of hydrogen-bond acceptors (Lipinski definition) is 4. The summed E-state index contributed by atoms with van der Waals surface area (Å²) in [4.78, 5) is 31.1. The molecule has 1 aromatic heterocycles. The predicted octanol–water partition coefficient (Wildman–Crippen LogP) is 5.58. The Bertz CT molecular complexity index is 611. The summed E-state index contributed by atoms with van der Waals surface area (Å²) < 4.78 is 5.50. The lowest BCUT2D eigenvalue weighted by Gasteiger charge is -2.22. The van der Waals surface area contributed by atoms with Gasteiger partial charge in [0.05, 0.1) is 6.54 Å². The van der Waals surface area contributed by atoms with Crippen molar-refractivity contribution in [1.82, 2.24) is 15.2 Å². The molecule has 1 heterocycles. The minimum Gasteiger partial charge on any atom is -0.446 e. The van der Waals surface area contributed by atoms with Gasteiger partial charge in [-0.15, -0.1) is 0 Å². The molecule has 0 saturated heterocycles. The molecule has 0 spiro atoms. The fourth-order valence-corrected chi connectivity index (χ4v) is 3.14. The second kappa shape index (κ2) is 15.0. The fourth-order valence-electron chi connectivity index (χ4n) is 3.14. The number of carbonyl (C=O) groups excluding carboxylic acids is 2. The first-order valence-corrected chi connectivity index (χ1v) is 11.8. The standard InChI is InChI=1S/C24H43N3O3/c1-6-7-8-9-10-11-12-23(28)27(16-14-20(4)5)17-22-26-21(18-30-22)24(29)25-15-13-19(2)3/h18-20H,6-17H2,1-5H3,(H,25,29). The Morgan fingerprint density at radius 2 is 1.70 bits per heavy atom. The first kappa shape index (κ1) is 26.2. The molecule has 0 bridgehead atoms. The third kappa shape index (κ3) is 11.4. The van der Waals surface area contributed by atoms with Gasteiger partial charge >= 0.3 is 0 Å². The topological polar surface area (TPSA) is 75.4 Å². The summed E-state index contributed by atoms with van der Waals surface area (Å²) in [7, 11) is 0. The van der Waals surface area contributed by atoms with E-state index in [1.165, 1.54) is 31.9 Å². The summed E-state index contributed by atoms with van der Waals surface area (Å²) in [6.45, 7) is 12.4. The lowest BCUT2D eigenvalue weighted by molar-refractivity contribution is -0.132. The second-order valence-electron chi connectivity index (χ2n) is 9.08. The van der Waals surface area contributed by atoms with E-state index >= 15 is 0 Å². The van der Waals surface area contributed by atoms with Crippen molar-refractivity contribution in [2.75, 3.05) is 13.1 Å². The van der Waals surface area contributed by atoms with Gasteiger partial charge in [-0.25, -0.2) is 4.98 Å². The third-order valence-corrected chi connectivity index (χ3v) is 5.19. The summed E-state index contributed by atoms with van der Waals surface area (Å²) >= 11 is 0. The smallest absolute Gasteiger partial charge is 0.273 e. The van der Waals surface area contributed by atoms with Gasteiger partial charge in [0.15, 0.2) is 5.69 Å². The largest absolute Gasteiger partial charge is 0.446 e. The molecule has 0 aliphatic rings. The third-order valence-electron chi connectivity index (χ3n) is 5.19. The van der Waals surface area contributed by atoms with Gasteiger partial charge in [-0.2, -0.15) is 0 Å². The van der Waals surface area contributed by atoms with Gasteiger partial charge in [0.1, 0.15) is 6.26 Å². The lowest BCUT2D eigenvalue weighted by Crippen LogP contribution is -2.32. The van der Waals surface area contributed by atoms with Gasteiger partial charge in [-0.3, -0.25) is 9.59 Å². The highest BCUT2D eigenvalue weighted by molar-refractivity contribution is 5.91. The van der Waals surface area contributed by atoms with Crippen LogP contribution >= 0.6 is 0 Å². The van der Waals surface area contributed by atoms with Crippen molar-refractivity contribution >= 4 is 11.8 Å². The van der Waals surface area contributed by atoms with Gasteiger partial charge in [-0.1, -0.05) is 66.7 Å². The van der Waals surface area contributed by atoms with Crippen molar-refractivity contribution in [2.45, 2.75) is 99.0 Å².